The number of nitrogens with one attached hydrogen (secondary N) is 3. The molecule has 4 N–H and O–H groups in total. The molecule has 2 fully saturated rings. The molecule has 2 aromatic carbocycles. The van der Waals surface area contributed by atoms with E-state index < -0.39 is 16.1 Å². The lowest BCUT2D eigenvalue weighted by Gasteiger charge is -2.39. The molecule has 3 aromatic rings. The number of anilines is 6. The van der Waals surface area contributed by atoms with Crippen molar-refractivity contribution in [2.24, 2.45) is 5.92 Å². The van der Waals surface area contributed by atoms with Crippen LogP contribution in [0.15, 0.2) is 48.7 Å². The number of likely N-dealkylation sites (tertiary alicyclic amines) is 1. The van der Waals surface area contributed by atoms with Crippen molar-refractivity contribution in [2.75, 3.05) is 92.6 Å². The van der Waals surface area contributed by atoms with Crippen LogP contribution in [0.2, 0.25) is 5.02 Å². The number of halogens is 1. The van der Waals surface area contributed by atoms with E-state index in [0.717, 1.165) is 57.5 Å². The standard InChI is InChI=1S/C32H42ClN9O6S/c1-39(49(3,46)47)27-7-5-4-6-25(27)36-30-24(33)19-34-31(38-30)37-26-9-8-23(18-28(26)48-2)41-16-14-40(15-17-41)21-22-10-12-42(13-11-22)29(43)20-35-32(44)45/h4-9,18-19,22,35H,10-17,20-21H2,1-3H3,(H,44,45)(H2,34,36,37,38). The fourth-order valence-corrected chi connectivity index (χ4v) is 6.61. The first-order valence-electron chi connectivity index (χ1n) is 15.9. The van der Waals surface area contributed by atoms with E-state index in [4.69, 9.17) is 21.4 Å². The minimum Gasteiger partial charge on any atom is -0.494 e. The Bertz CT molecular complexity index is 1750. The monoisotopic (exact) mass is 715 g/mol. The van der Waals surface area contributed by atoms with Gasteiger partial charge in [0, 0.05) is 64.6 Å². The van der Waals surface area contributed by atoms with Gasteiger partial charge in [0.25, 0.3) is 0 Å². The minimum atomic E-state index is -3.50. The average molecular weight is 716 g/mol. The maximum Gasteiger partial charge on any atom is 0.405 e. The molecule has 264 valence electrons. The minimum absolute atomic E-state index is 0.174. The van der Waals surface area contributed by atoms with Gasteiger partial charge in [-0.15, -0.1) is 0 Å². The summed E-state index contributed by atoms with van der Waals surface area (Å²) in [5.41, 5.74) is 2.65. The van der Waals surface area contributed by atoms with Gasteiger partial charge in [-0.3, -0.25) is 14.0 Å². The van der Waals surface area contributed by atoms with E-state index in [-0.39, 0.29) is 23.4 Å². The van der Waals surface area contributed by atoms with Gasteiger partial charge in [0.2, 0.25) is 21.9 Å². The fourth-order valence-electron chi connectivity index (χ4n) is 5.96. The number of methoxy groups -OCH3 is 1. The van der Waals surface area contributed by atoms with Crippen LogP contribution in [0.25, 0.3) is 0 Å². The van der Waals surface area contributed by atoms with Crippen molar-refractivity contribution in [3.05, 3.63) is 53.7 Å². The normalized spacial score (nSPS) is 15.8. The molecule has 0 atom stereocenters. The molecule has 0 bridgehead atoms. The summed E-state index contributed by atoms with van der Waals surface area (Å²) in [4.78, 5) is 38.3. The predicted octanol–water partition coefficient (Wildman–Crippen LogP) is 3.65. The van der Waals surface area contributed by atoms with E-state index in [1.165, 1.54) is 17.5 Å². The molecule has 15 nitrogen and oxygen atoms in total. The number of hydrogen-bond donors (Lipinski definition) is 4. The van der Waals surface area contributed by atoms with Crippen molar-refractivity contribution in [2.45, 2.75) is 12.8 Å². The Morgan fingerprint density at radius 2 is 1.76 bits per heavy atom. The molecule has 5 rings (SSSR count). The van der Waals surface area contributed by atoms with Crippen molar-refractivity contribution < 1.29 is 27.9 Å². The lowest BCUT2D eigenvalue weighted by atomic mass is 9.96. The van der Waals surface area contributed by atoms with Crippen molar-refractivity contribution in [1.29, 1.82) is 0 Å². The Balaban J connectivity index is 1.16. The molecule has 17 heteroatoms. The summed E-state index contributed by atoms with van der Waals surface area (Å²) in [5, 5.41) is 17.5. The molecule has 0 spiro atoms. The highest BCUT2D eigenvalue weighted by Gasteiger charge is 2.26. The SMILES string of the molecule is COc1cc(N2CCN(CC3CCN(C(=O)CNC(=O)O)CC3)CC2)ccc1Nc1ncc(Cl)c(Nc2ccccc2N(C)S(C)(=O)=O)n1. The van der Waals surface area contributed by atoms with Gasteiger partial charge in [0.1, 0.15) is 17.3 Å². The number of aromatic nitrogens is 2. The summed E-state index contributed by atoms with van der Waals surface area (Å²) in [6.07, 6.45) is 3.23. The highest BCUT2D eigenvalue weighted by atomic mass is 35.5. The molecule has 2 aliphatic heterocycles. The fraction of sp³-hybridized carbons (Fsp3) is 0.438. The lowest BCUT2D eigenvalue weighted by molar-refractivity contribution is -0.131. The quantitative estimate of drug-likeness (QED) is 0.215. The number of carbonyl (C=O) groups excluding carboxylic acids is 1. The van der Waals surface area contributed by atoms with Crippen LogP contribution in [0.4, 0.5) is 39.3 Å². The van der Waals surface area contributed by atoms with Gasteiger partial charge in [-0.2, -0.15) is 4.98 Å². The number of piperazine rings is 1. The summed E-state index contributed by atoms with van der Waals surface area (Å²) in [6, 6.07) is 12.9. The molecule has 0 radical (unpaired) electrons. The molecule has 0 saturated carbocycles. The second-order valence-corrected chi connectivity index (χ2v) is 14.5. The van der Waals surface area contributed by atoms with Crippen molar-refractivity contribution >= 4 is 68.1 Å². The van der Waals surface area contributed by atoms with E-state index in [0.29, 0.717) is 47.6 Å². The number of benzene rings is 2. The molecule has 49 heavy (non-hydrogen) atoms. The first-order chi connectivity index (χ1) is 23.4. The third-order valence-corrected chi connectivity index (χ3v) is 10.2. The van der Waals surface area contributed by atoms with Crippen LogP contribution in [-0.4, -0.2) is 118 Å². The zero-order valence-corrected chi connectivity index (χ0v) is 29.3. The number of piperidine rings is 1. The Morgan fingerprint density at radius 3 is 2.43 bits per heavy atom. The Morgan fingerprint density at radius 1 is 1.04 bits per heavy atom. The average Bonchev–Trinajstić information content (AvgIpc) is 3.09. The Labute approximate surface area is 291 Å². The second kappa shape index (κ2) is 15.8. The molecular weight excluding hydrogens is 674 g/mol. The van der Waals surface area contributed by atoms with Gasteiger partial charge in [-0.25, -0.2) is 18.2 Å². The number of amides is 2. The number of nitrogens with zero attached hydrogens (tertiary/aromatic N) is 6. The smallest absolute Gasteiger partial charge is 0.405 e. The van der Waals surface area contributed by atoms with Gasteiger partial charge in [-0.1, -0.05) is 23.7 Å². The topological polar surface area (TPSA) is 173 Å². The zero-order chi connectivity index (χ0) is 35.1. The van der Waals surface area contributed by atoms with Crippen LogP contribution >= 0.6 is 11.6 Å². The third kappa shape index (κ3) is 9.33. The van der Waals surface area contributed by atoms with E-state index in [1.807, 2.05) is 18.2 Å². The van der Waals surface area contributed by atoms with Gasteiger partial charge in [-0.05, 0) is 43.0 Å². The summed E-state index contributed by atoms with van der Waals surface area (Å²) >= 11 is 6.42. The summed E-state index contributed by atoms with van der Waals surface area (Å²) in [5.74, 6) is 1.52. The lowest BCUT2D eigenvalue weighted by Crippen LogP contribution is -2.49. The Hall–Kier alpha value is -4.54. The van der Waals surface area contributed by atoms with E-state index in [2.05, 4.69) is 35.7 Å². The second-order valence-electron chi connectivity index (χ2n) is 12.0. The number of ether oxygens (including phenoxy) is 1. The molecule has 0 unspecified atom stereocenters. The number of hydrogen-bond acceptors (Lipinski definition) is 11. The summed E-state index contributed by atoms with van der Waals surface area (Å²) in [6.45, 7) is 5.66. The number of carboxylic acid groups (broad SMARTS) is 1. The van der Waals surface area contributed by atoms with E-state index >= 15 is 0 Å². The molecule has 2 amide bonds. The number of para-hydroxylation sites is 2. The van der Waals surface area contributed by atoms with Crippen LogP contribution in [0.1, 0.15) is 12.8 Å². The van der Waals surface area contributed by atoms with Crippen LogP contribution in [0.3, 0.4) is 0 Å². The first kappa shape index (κ1) is 35.8. The molecule has 2 aliphatic rings. The van der Waals surface area contributed by atoms with Crippen LogP contribution in [0.5, 0.6) is 5.75 Å². The predicted molar refractivity (Wildman–Crippen MR) is 190 cm³/mol. The maximum atomic E-state index is 12.2. The zero-order valence-electron chi connectivity index (χ0n) is 27.7. The Kier molecular flexibility index (Phi) is 11.5. The molecule has 3 heterocycles. The highest BCUT2D eigenvalue weighted by molar-refractivity contribution is 7.92. The maximum absolute atomic E-state index is 12.2. The van der Waals surface area contributed by atoms with Crippen LogP contribution < -0.4 is 29.9 Å². The van der Waals surface area contributed by atoms with Crippen molar-refractivity contribution in [3.8, 4) is 5.75 Å². The highest BCUT2D eigenvalue weighted by Crippen LogP contribution is 2.34. The largest absolute Gasteiger partial charge is 0.494 e. The molecule has 1 aromatic heterocycles. The van der Waals surface area contributed by atoms with Crippen LogP contribution in [-0.2, 0) is 14.8 Å². The van der Waals surface area contributed by atoms with E-state index in [9.17, 15) is 18.0 Å². The van der Waals surface area contributed by atoms with Crippen molar-refractivity contribution in [1.82, 2.24) is 25.1 Å². The third-order valence-electron chi connectivity index (χ3n) is 8.78. The van der Waals surface area contributed by atoms with Gasteiger partial charge in [0.05, 0.1) is 36.6 Å². The van der Waals surface area contributed by atoms with Crippen LogP contribution in [0, 0.1) is 5.92 Å². The van der Waals surface area contributed by atoms with Gasteiger partial charge < -0.3 is 35.6 Å². The summed E-state index contributed by atoms with van der Waals surface area (Å²) < 4.78 is 31.3. The number of rotatable bonds is 12. The molecule has 2 saturated heterocycles. The van der Waals surface area contributed by atoms with Gasteiger partial charge >= 0.3 is 6.09 Å². The summed E-state index contributed by atoms with van der Waals surface area (Å²) in [7, 11) is -0.413. The van der Waals surface area contributed by atoms with Gasteiger partial charge in [0.15, 0.2) is 5.82 Å². The van der Waals surface area contributed by atoms with Crippen molar-refractivity contribution in [3.63, 3.8) is 0 Å². The molecular formula is C32H42ClN9O6S. The van der Waals surface area contributed by atoms with E-state index in [1.54, 1.807) is 36.3 Å². The molecule has 0 aliphatic carbocycles. The number of sulfonamides is 1. The number of carbonyl (C=O) groups is 2. The first-order valence-corrected chi connectivity index (χ1v) is 18.1.